The van der Waals surface area contributed by atoms with Gasteiger partial charge in [0.15, 0.2) is 0 Å². The quantitative estimate of drug-likeness (QED) is 0.687. The maximum absolute atomic E-state index is 11.2. The van der Waals surface area contributed by atoms with E-state index in [4.69, 9.17) is 21.6 Å². The van der Waals surface area contributed by atoms with Gasteiger partial charge in [0.1, 0.15) is 0 Å². The van der Waals surface area contributed by atoms with E-state index in [2.05, 4.69) is 5.10 Å². The lowest BCUT2D eigenvalue weighted by Crippen LogP contribution is -2.30. The Hall–Kier alpha value is -1.37. The molecule has 5 nitrogen and oxygen atoms in total. The number of nitrogens with zero attached hydrogens (tertiary/aromatic N) is 2. The Morgan fingerprint density at radius 1 is 1.50 bits per heavy atom. The van der Waals surface area contributed by atoms with Gasteiger partial charge in [-0.1, -0.05) is 11.6 Å². The highest BCUT2D eigenvalue weighted by atomic mass is 35.5. The first kappa shape index (κ1) is 11.1. The van der Waals surface area contributed by atoms with Crippen LogP contribution in [0.5, 0.6) is 0 Å². The van der Waals surface area contributed by atoms with Gasteiger partial charge in [-0.3, -0.25) is 4.79 Å². The highest BCUT2D eigenvalue weighted by molar-refractivity contribution is 6.59. The van der Waals surface area contributed by atoms with Gasteiger partial charge in [-0.05, 0) is 17.6 Å². The molecular formula is C9H8BClN2O3. The van der Waals surface area contributed by atoms with E-state index in [1.54, 1.807) is 0 Å². The summed E-state index contributed by atoms with van der Waals surface area (Å²) in [7, 11) is -1.63. The van der Waals surface area contributed by atoms with Crippen LogP contribution in [0.2, 0.25) is 5.02 Å². The topological polar surface area (TPSA) is 75.4 Å². The molecule has 2 aromatic rings. The minimum atomic E-state index is -1.63. The average Bonchev–Trinajstić information content (AvgIpc) is 2.61. The van der Waals surface area contributed by atoms with Crippen LogP contribution < -0.4 is 5.46 Å². The van der Waals surface area contributed by atoms with Crippen LogP contribution in [-0.2, 0) is 0 Å². The van der Waals surface area contributed by atoms with E-state index in [1.807, 2.05) is 0 Å². The predicted molar refractivity (Wildman–Crippen MR) is 60.9 cm³/mol. The predicted octanol–water partition coefficient (Wildman–Crippen LogP) is 0.0296. The molecule has 0 fully saturated rings. The first-order valence-electron chi connectivity index (χ1n) is 4.55. The van der Waals surface area contributed by atoms with E-state index < -0.39 is 7.12 Å². The number of carbonyl (C=O) groups excluding carboxylic acids is 1. The lowest BCUT2D eigenvalue weighted by atomic mass is 9.80. The molecule has 1 heterocycles. The number of halogens is 1. The number of rotatable bonds is 1. The summed E-state index contributed by atoms with van der Waals surface area (Å²) in [5, 5.41) is 22.9. The van der Waals surface area contributed by atoms with Crippen molar-refractivity contribution in [1.82, 2.24) is 9.78 Å². The Morgan fingerprint density at radius 2 is 2.19 bits per heavy atom. The lowest BCUT2D eigenvalue weighted by molar-refractivity contribution is 0.0927. The van der Waals surface area contributed by atoms with Crippen LogP contribution >= 0.6 is 11.6 Å². The first-order chi connectivity index (χ1) is 7.50. The molecule has 0 aliphatic rings. The summed E-state index contributed by atoms with van der Waals surface area (Å²) < 4.78 is 1.16. The molecule has 16 heavy (non-hydrogen) atoms. The molecule has 2 rings (SSSR count). The van der Waals surface area contributed by atoms with Gasteiger partial charge in [0, 0.05) is 12.3 Å². The number of benzene rings is 1. The molecule has 0 atom stereocenters. The van der Waals surface area contributed by atoms with Gasteiger partial charge in [0.25, 0.3) is 0 Å². The summed E-state index contributed by atoms with van der Waals surface area (Å²) in [4.78, 5) is 11.2. The van der Waals surface area contributed by atoms with Gasteiger partial charge in [-0.25, -0.2) is 4.68 Å². The Kier molecular flexibility index (Phi) is 2.71. The minimum Gasteiger partial charge on any atom is -0.423 e. The second-order valence-electron chi connectivity index (χ2n) is 3.38. The third-order valence-corrected chi connectivity index (χ3v) is 2.57. The Balaban J connectivity index is 2.76. The third kappa shape index (κ3) is 1.71. The van der Waals surface area contributed by atoms with Crippen LogP contribution in [0.4, 0.5) is 0 Å². The fraction of sp³-hybridized carbons (Fsp3) is 0.111. The summed E-state index contributed by atoms with van der Waals surface area (Å²) in [5.74, 6) is -0.268. The van der Waals surface area contributed by atoms with Crippen LogP contribution in [0, 0.1) is 0 Å². The maximum Gasteiger partial charge on any atom is 0.488 e. The van der Waals surface area contributed by atoms with Crippen LogP contribution in [0.25, 0.3) is 10.9 Å². The molecule has 82 valence electrons. The fourth-order valence-corrected chi connectivity index (χ4v) is 1.78. The zero-order valence-electron chi connectivity index (χ0n) is 8.38. The lowest BCUT2D eigenvalue weighted by Gasteiger charge is -2.03. The smallest absolute Gasteiger partial charge is 0.423 e. The number of hydrogen-bond acceptors (Lipinski definition) is 4. The molecular weight excluding hydrogens is 230 g/mol. The highest BCUT2D eigenvalue weighted by Crippen LogP contribution is 2.21. The molecule has 7 heteroatoms. The summed E-state index contributed by atoms with van der Waals surface area (Å²) in [6.07, 6.45) is 1.46. The van der Waals surface area contributed by atoms with E-state index in [9.17, 15) is 4.79 Å². The number of fused-ring (bicyclic) bond motifs is 1. The van der Waals surface area contributed by atoms with Gasteiger partial charge >= 0.3 is 7.12 Å². The molecule has 0 saturated heterocycles. The van der Waals surface area contributed by atoms with Crippen LogP contribution in [-0.4, -0.2) is 32.9 Å². The van der Waals surface area contributed by atoms with Crippen molar-refractivity contribution in [1.29, 1.82) is 0 Å². The molecule has 2 N–H and O–H groups in total. The van der Waals surface area contributed by atoms with Crippen molar-refractivity contribution in [3.63, 3.8) is 0 Å². The van der Waals surface area contributed by atoms with Crippen molar-refractivity contribution in [2.75, 3.05) is 0 Å². The molecule has 0 radical (unpaired) electrons. The second-order valence-corrected chi connectivity index (χ2v) is 3.79. The SMILES string of the molecule is CC(=O)n1ncc2c(Cl)cc(B(O)O)cc21. The van der Waals surface area contributed by atoms with Crippen molar-refractivity contribution < 1.29 is 14.8 Å². The summed E-state index contributed by atoms with van der Waals surface area (Å²) in [6, 6.07) is 2.90. The summed E-state index contributed by atoms with van der Waals surface area (Å²) in [6.45, 7) is 1.36. The molecule has 1 aromatic heterocycles. The fourth-order valence-electron chi connectivity index (χ4n) is 1.50. The van der Waals surface area contributed by atoms with Crippen molar-refractivity contribution in [3.05, 3.63) is 23.4 Å². The number of aromatic nitrogens is 2. The Labute approximate surface area is 96.4 Å². The molecule has 0 aliphatic heterocycles. The van der Waals surface area contributed by atoms with Crippen LogP contribution in [0.15, 0.2) is 18.3 Å². The average molecular weight is 238 g/mol. The first-order valence-corrected chi connectivity index (χ1v) is 4.92. The normalized spacial score (nSPS) is 10.8. The molecule has 1 aromatic carbocycles. The molecule has 0 amide bonds. The van der Waals surface area contributed by atoms with Crippen LogP contribution in [0.3, 0.4) is 0 Å². The van der Waals surface area contributed by atoms with Gasteiger partial charge in [0.2, 0.25) is 5.91 Å². The minimum absolute atomic E-state index is 0.223. The molecule has 0 saturated carbocycles. The molecule has 0 spiro atoms. The van der Waals surface area contributed by atoms with Crippen molar-refractivity contribution in [2.45, 2.75) is 6.92 Å². The zero-order valence-corrected chi connectivity index (χ0v) is 9.14. The Morgan fingerprint density at radius 3 is 2.75 bits per heavy atom. The second kappa shape index (κ2) is 3.90. The van der Waals surface area contributed by atoms with E-state index in [0.717, 1.165) is 4.68 Å². The van der Waals surface area contributed by atoms with Crippen molar-refractivity contribution >= 4 is 41.0 Å². The molecule has 0 unspecified atom stereocenters. The highest BCUT2D eigenvalue weighted by Gasteiger charge is 2.16. The number of carbonyl (C=O) groups is 1. The van der Waals surface area contributed by atoms with E-state index >= 15 is 0 Å². The molecule has 0 aliphatic carbocycles. The van der Waals surface area contributed by atoms with Gasteiger partial charge < -0.3 is 10.0 Å². The van der Waals surface area contributed by atoms with E-state index in [1.165, 1.54) is 25.3 Å². The van der Waals surface area contributed by atoms with Gasteiger partial charge in [-0.2, -0.15) is 5.10 Å². The van der Waals surface area contributed by atoms with Gasteiger partial charge in [0.05, 0.1) is 16.7 Å². The van der Waals surface area contributed by atoms with Crippen molar-refractivity contribution in [2.24, 2.45) is 0 Å². The summed E-state index contributed by atoms with van der Waals surface area (Å²) in [5.41, 5.74) is 0.684. The maximum atomic E-state index is 11.2. The zero-order chi connectivity index (χ0) is 11.9. The van der Waals surface area contributed by atoms with E-state index in [0.29, 0.717) is 15.9 Å². The van der Waals surface area contributed by atoms with E-state index in [-0.39, 0.29) is 11.4 Å². The van der Waals surface area contributed by atoms with Gasteiger partial charge in [-0.15, -0.1) is 0 Å². The largest absolute Gasteiger partial charge is 0.488 e. The Bertz CT molecular complexity index is 567. The monoisotopic (exact) mass is 238 g/mol. The van der Waals surface area contributed by atoms with Crippen molar-refractivity contribution in [3.8, 4) is 0 Å². The third-order valence-electron chi connectivity index (χ3n) is 2.26. The number of hydrogen-bond donors (Lipinski definition) is 2. The summed E-state index contributed by atoms with van der Waals surface area (Å²) >= 11 is 5.94. The standard InChI is InChI=1S/C9H8BClN2O3/c1-5(14)13-9-3-6(10(15)16)2-8(11)7(9)4-12-13/h2-4,15-16H,1H3. The molecule has 0 bridgehead atoms. The van der Waals surface area contributed by atoms with Crippen LogP contribution in [0.1, 0.15) is 11.7 Å².